The molecule has 0 aliphatic carbocycles. The topological polar surface area (TPSA) is 35.2 Å². The Morgan fingerprint density at radius 3 is 2.71 bits per heavy atom. The van der Waals surface area contributed by atoms with Crippen LogP contribution >= 0.6 is 15.9 Å². The highest BCUT2D eigenvalue weighted by atomic mass is 79.9. The second kappa shape index (κ2) is 4.75. The molecule has 0 amide bonds. The van der Waals surface area contributed by atoms with Crippen LogP contribution in [0.2, 0.25) is 0 Å². The third-order valence-corrected chi connectivity index (χ3v) is 2.84. The lowest BCUT2D eigenvalue weighted by Crippen LogP contribution is -1.96. The molecule has 0 bridgehead atoms. The molecule has 0 spiro atoms. The lowest BCUT2D eigenvalue weighted by atomic mass is 10.2. The van der Waals surface area contributed by atoms with E-state index in [1.165, 1.54) is 6.07 Å². The van der Waals surface area contributed by atoms with E-state index in [1.54, 1.807) is 18.2 Å². The molecular formula is C13H11BrFNO. The van der Waals surface area contributed by atoms with Crippen LogP contribution in [-0.4, -0.2) is 0 Å². The van der Waals surface area contributed by atoms with Crippen molar-refractivity contribution in [2.24, 2.45) is 0 Å². The van der Waals surface area contributed by atoms with Gasteiger partial charge in [0, 0.05) is 4.47 Å². The number of hydrogen-bond acceptors (Lipinski definition) is 2. The van der Waals surface area contributed by atoms with Crippen molar-refractivity contribution in [3.05, 3.63) is 52.3 Å². The second-order valence-corrected chi connectivity index (χ2v) is 4.59. The number of para-hydroxylation sites is 1. The standard InChI is InChI=1S/C13H11BrFNO/c1-8-3-2-4-11(16)13(8)17-12-7-9(14)5-6-10(12)15/h2-7H,16H2,1H3. The normalized spacial score (nSPS) is 10.3. The highest BCUT2D eigenvalue weighted by Crippen LogP contribution is 2.33. The fourth-order valence-electron chi connectivity index (χ4n) is 1.48. The highest BCUT2D eigenvalue weighted by Gasteiger charge is 2.09. The van der Waals surface area contributed by atoms with Crippen LogP contribution in [0.4, 0.5) is 10.1 Å². The molecular weight excluding hydrogens is 285 g/mol. The molecule has 0 saturated carbocycles. The number of hydrogen-bond donors (Lipinski definition) is 1. The van der Waals surface area contributed by atoms with Crippen molar-refractivity contribution in [3.63, 3.8) is 0 Å². The van der Waals surface area contributed by atoms with E-state index in [9.17, 15) is 4.39 Å². The van der Waals surface area contributed by atoms with Crippen molar-refractivity contribution in [2.75, 3.05) is 5.73 Å². The molecule has 2 aromatic rings. The molecule has 2 N–H and O–H groups in total. The molecule has 0 aliphatic heterocycles. The first-order valence-electron chi connectivity index (χ1n) is 5.06. The molecule has 2 nitrogen and oxygen atoms in total. The molecule has 0 aliphatic rings. The Morgan fingerprint density at radius 1 is 1.24 bits per heavy atom. The molecule has 0 heterocycles. The van der Waals surface area contributed by atoms with E-state index in [1.807, 2.05) is 19.1 Å². The number of aryl methyl sites for hydroxylation is 1. The van der Waals surface area contributed by atoms with Gasteiger partial charge in [0.2, 0.25) is 0 Å². The van der Waals surface area contributed by atoms with Gasteiger partial charge in [-0.15, -0.1) is 0 Å². The van der Waals surface area contributed by atoms with Crippen LogP contribution in [0.15, 0.2) is 40.9 Å². The minimum atomic E-state index is -0.421. The minimum absolute atomic E-state index is 0.153. The molecule has 0 unspecified atom stereocenters. The van der Waals surface area contributed by atoms with Crippen molar-refractivity contribution in [3.8, 4) is 11.5 Å². The smallest absolute Gasteiger partial charge is 0.165 e. The lowest BCUT2D eigenvalue weighted by Gasteiger charge is -2.11. The minimum Gasteiger partial charge on any atom is -0.452 e. The summed E-state index contributed by atoms with van der Waals surface area (Å²) in [7, 11) is 0. The van der Waals surface area contributed by atoms with Crippen LogP contribution < -0.4 is 10.5 Å². The van der Waals surface area contributed by atoms with Gasteiger partial charge in [0.05, 0.1) is 5.69 Å². The van der Waals surface area contributed by atoms with Crippen molar-refractivity contribution in [1.29, 1.82) is 0 Å². The summed E-state index contributed by atoms with van der Waals surface area (Å²) >= 11 is 3.27. The second-order valence-electron chi connectivity index (χ2n) is 3.67. The van der Waals surface area contributed by atoms with Gasteiger partial charge in [-0.3, -0.25) is 0 Å². The average Bonchev–Trinajstić information content (AvgIpc) is 2.28. The zero-order chi connectivity index (χ0) is 12.4. The van der Waals surface area contributed by atoms with E-state index in [4.69, 9.17) is 10.5 Å². The largest absolute Gasteiger partial charge is 0.452 e. The maximum atomic E-state index is 13.5. The van der Waals surface area contributed by atoms with Gasteiger partial charge >= 0.3 is 0 Å². The summed E-state index contributed by atoms with van der Waals surface area (Å²) in [5.74, 6) is 0.223. The van der Waals surface area contributed by atoms with Crippen molar-refractivity contribution < 1.29 is 9.13 Å². The molecule has 4 heteroatoms. The van der Waals surface area contributed by atoms with E-state index in [0.29, 0.717) is 11.4 Å². The molecule has 0 saturated heterocycles. The zero-order valence-corrected chi connectivity index (χ0v) is 10.8. The molecule has 88 valence electrons. The quantitative estimate of drug-likeness (QED) is 0.840. The first-order chi connectivity index (χ1) is 8.08. The Bertz CT molecular complexity index is 537. The summed E-state index contributed by atoms with van der Waals surface area (Å²) in [6.45, 7) is 1.86. The van der Waals surface area contributed by atoms with Crippen LogP contribution in [-0.2, 0) is 0 Å². The lowest BCUT2D eigenvalue weighted by molar-refractivity contribution is 0.441. The SMILES string of the molecule is Cc1cccc(N)c1Oc1cc(Br)ccc1F. The molecule has 0 aromatic heterocycles. The third kappa shape index (κ3) is 2.58. The fourth-order valence-corrected chi connectivity index (χ4v) is 1.82. The van der Waals surface area contributed by atoms with E-state index in [-0.39, 0.29) is 5.75 Å². The summed E-state index contributed by atoms with van der Waals surface area (Å²) in [5, 5.41) is 0. The summed E-state index contributed by atoms with van der Waals surface area (Å²) in [6.07, 6.45) is 0. The molecule has 0 fully saturated rings. The number of anilines is 1. The van der Waals surface area contributed by atoms with Gasteiger partial charge in [-0.05, 0) is 36.8 Å². The van der Waals surface area contributed by atoms with Crippen LogP contribution in [0.25, 0.3) is 0 Å². The summed E-state index contributed by atoms with van der Waals surface area (Å²) in [5.41, 5.74) is 7.15. The van der Waals surface area contributed by atoms with E-state index in [0.717, 1.165) is 10.0 Å². The van der Waals surface area contributed by atoms with Gasteiger partial charge < -0.3 is 10.5 Å². The van der Waals surface area contributed by atoms with Crippen LogP contribution in [0, 0.1) is 12.7 Å². The van der Waals surface area contributed by atoms with Gasteiger partial charge in [0.15, 0.2) is 17.3 Å². The van der Waals surface area contributed by atoms with Gasteiger partial charge in [0.25, 0.3) is 0 Å². The first kappa shape index (κ1) is 11.9. The van der Waals surface area contributed by atoms with Gasteiger partial charge in [-0.2, -0.15) is 0 Å². The monoisotopic (exact) mass is 295 g/mol. The number of nitrogens with two attached hydrogens (primary N) is 1. The van der Waals surface area contributed by atoms with Crippen molar-refractivity contribution >= 4 is 21.6 Å². The number of halogens is 2. The molecule has 2 rings (SSSR count). The van der Waals surface area contributed by atoms with E-state index >= 15 is 0 Å². The van der Waals surface area contributed by atoms with Crippen LogP contribution in [0.1, 0.15) is 5.56 Å². The number of rotatable bonds is 2. The van der Waals surface area contributed by atoms with Crippen molar-refractivity contribution in [1.82, 2.24) is 0 Å². The molecule has 17 heavy (non-hydrogen) atoms. The highest BCUT2D eigenvalue weighted by molar-refractivity contribution is 9.10. The Hall–Kier alpha value is -1.55. The zero-order valence-electron chi connectivity index (χ0n) is 9.21. The Kier molecular flexibility index (Phi) is 3.33. The maximum Gasteiger partial charge on any atom is 0.165 e. The van der Waals surface area contributed by atoms with E-state index < -0.39 is 5.82 Å². The Morgan fingerprint density at radius 2 is 2.00 bits per heavy atom. The van der Waals surface area contributed by atoms with Gasteiger partial charge in [-0.1, -0.05) is 28.1 Å². The summed E-state index contributed by atoms with van der Waals surface area (Å²) < 4.78 is 19.8. The Labute approximate surface area is 107 Å². The number of ether oxygens (including phenoxy) is 1. The van der Waals surface area contributed by atoms with Crippen molar-refractivity contribution in [2.45, 2.75) is 6.92 Å². The van der Waals surface area contributed by atoms with E-state index in [2.05, 4.69) is 15.9 Å². The predicted octanol–water partition coefficient (Wildman–Crippen LogP) is 4.27. The van der Waals surface area contributed by atoms with Crippen LogP contribution in [0.3, 0.4) is 0 Å². The maximum absolute atomic E-state index is 13.5. The summed E-state index contributed by atoms with van der Waals surface area (Å²) in [4.78, 5) is 0. The third-order valence-electron chi connectivity index (χ3n) is 2.35. The Balaban J connectivity index is 2.41. The first-order valence-corrected chi connectivity index (χ1v) is 5.85. The molecule has 0 atom stereocenters. The molecule has 0 radical (unpaired) electrons. The average molecular weight is 296 g/mol. The van der Waals surface area contributed by atoms with Crippen LogP contribution in [0.5, 0.6) is 11.5 Å². The van der Waals surface area contributed by atoms with Gasteiger partial charge in [0.1, 0.15) is 0 Å². The van der Waals surface area contributed by atoms with Gasteiger partial charge in [-0.25, -0.2) is 4.39 Å². The predicted molar refractivity (Wildman–Crippen MR) is 69.8 cm³/mol. The number of benzene rings is 2. The molecule has 2 aromatic carbocycles. The fraction of sp³-hybridized carbons (Fsp3) is 0.0769. The number of nitrogen functional groups attached to an aromatic ring is 1. The summed E-state index contributed by atoms with van der Waals surface area (Å²) in [6, 6.07) is 9.94.